The van der Waals surface area contributed by atoms with Crippen LogP contribution in [0.2, 0.25) is 0 Å². The van der Waals surface area contributed by atoms with Crippen molar-refractivity contribution in [1.29, 1.82) is 0 Å². The van der Waals surface area contributed by atoms with Crippen molar-refractivity contribution < 1.29 is 24.3 Å². The zero-order valence-electron chi connectivity index (χ0n) is 24.1. The molecule has 3 atom stereocenters. The first-order valence-electron chi connectivity index (χ1n) is 14.3. The number of aryl methyl sites for hydroxylation is 1. The summed E-state index contributed by atoms with van der Waals surface area (Å²) < 4.78 is 0. The molecule has 0 aliphatic carbocycles. The molecule has 0 saturated carbocycles. The lowest BCUT2D eigenvalue weighted by Crippen LogP contribution is -2.58. The summed E-state index contributed by atoms with van der Waals surface area (Å²) in [5, 5.41) is 13.1. The Labute approximate surface area is 237 Å². The van der Waals surface area contributed by atoms with E-state index in [1.807, 2.05) is 81.4 Å². The molecule has 1 heterocycles. The third kappa shape index (κ3) is 8.16. The largest absolute Gasteiger partial charge is 0.465 e. The second kappa shape index (κ2) is 14.1. The Morgan fingerprint density at radius 1 is 1.02 bits per heavy atom. The summed E-state index contributed by atoms with van der Waals surface area (Å²) in [6.45, 7) is 8.11. The fourth-order valence-corrected chi connectivity index (χ4v) is 5.48. The molecule has 2 aromatic carbocycles. The van der Waals surface area contributed by atoms with E-state index in [4.69, 9.17) is 0 Å². The Bertz CT molecular complexity index is 1150. The molecule has 8 nitrogen and oxygen atoms in total. The van der Waals surface area contributed by atoms with Gasteiger partial charge in [-0.3, -0.25) is 19.3 Å². The van der Waals surface area contributed by atoms with Crippen molar-refractivity contribution in [1.82, 2.24) is 15.1 Å². The van der Waals surface area contributed by atoms with Gasteiger partial charge in [0.2, 0.25) is 11.7 Å². The van der Waals surface area contributed by atoms with Crippen molar-refractivity contribution in [2.75, 3.05) is 6.54 Å². The number of hydrogen-bond acceptors (Lipinski definition) is 4. The molecule has 2 N–H and O–H groups in total. The zero-order chi connectivity index (χ0) is 29.3. The van der Waals surface area contributed by atoms with Gasteiger partial charge in [-0.2, -0.15) is 0 Å². The minimum absolute atomic E-state index is 0.137. The quantitative estimate of drug-likeness (QED) is 0.317. The van der Waals surface area contributed by atoms with Gasteiger partial charge in [-0.1, -0.05) is 94.3 Å². The lowest BCUT2D eigenvalue weighted by atomic mass is 9.91. The van der Waals surface area contributed by atoms with E-state index < -0.39 is 36.0 Å². The molecule has 3 rings (SSSR count). The summed E-state index contributed by atoms with van der Waals surface area (Å²) in [5.41, 5.74) is 1.64. The number of nitrogens with zero attached hydrogens (tertiary/aromatic N) is 2. The molecule has 1 saturated heterocycles. The first-order valence-corrected chi connectivity index (χ1v) is 14.3. The Balaban J connectivity index is 1.80. The highest BCUT2D eigenvalue weighted by Gasteiger charge is 2.48. The molecule has 3 amide bonds. The van der Waals surface area contributed by atoms with E-state index in [-0.39, 0.29) is 24.2 Å². The van der Waals surface area contributed by atoms with Gasteiger partial charge >= 0.3 is 6.09 Å². The second-order valence-corrected chi connectivity index (χ2v) is 11.5. The van der Waals surface area contributed by atoms with Crippen LogP contribution in [0.4, 0.5) is 4.79 Å². The number of Topliss-reactive ketones (excluding diaryl/α,β-unsaturated/α-hetero) is 1. The van der Waals surface area contributed by atoms with E-state index in [1.165, 1.54) is 0 Å². The number of hydrogen-bond donors (Lipinski definition) is 2. The number of nitrogens with one attached hydrogen (secondary N) is 1. The number of ketones is 1. The van der Waals surface area contributed by atoms with Crippen molar-refractivity contribution in [3.63, 3.8) is 0 Å². The summed E-state index contributed by atoms with van der Waals surface area (Å²) in [5.74, 6) is -1.75. The average molecular weight is 550 g/mol. The van der Waals surface area contributed by atoms with Gasteiger partial charge < -0.3 is 15.3 Å². The van der Waals surface area contributed by atoms with Gasteiger partial charge in [-0.05, 0) is 49.1 Å². The molecule has 1 unspecified atom stereocenters. The molecular weight excluding hydrogens is 506 g/mol. The summed E-state index contributed by atoms with van der Waals surface area (Å²) >= 11 is 0. The molecule has 0 aromatic heterocycles. The van der Waals surface area contributed by atoms with Gasteiger partial charge in [-0.15, -0.1) is 0 Å². The molecular formula is C32H43N3O5. The predicted octanol–water partition coefficient (Wildman–Crippen LogP) is 5.58. The maximum Gasteiger partial charge on any atom is 0.409 e. The fraction of sp³-hybridized carbons (Fsp3) is 0.500. The highest BCUT2D eigenvalue weighted by molar-refractivity contribution is 6.38. The average Bonchev–Trinajstić information content (AvgIpc) is 3.25. The van der Waals surface area contributed by atoms with E-state index >= 15 is 0 Å². The zero-order valence-corrected chi connectivity index (χ0v) is 24.1. The van der Waals surface area contributed by atoms with Crippen LogP contribution in [0.5, 0.6) is 0 Å². The van der Waals surface area contributed by atoms with Crippen LogP contribution >= 0.6 is 0 Å². The maximum absolute atomic E-state index is 13.6. The predicted molar refractivity (Wildman–Crippen MR) is 154 cm³/mol. The maximum atomic E-state index is 13.6. The number of likely N-dealkylation sites (tertiary alicyclic amines) is 1. The van der Waals surface area contributed by atoms with Gasteiger partial charge in [0.25, 0.3) is 5.91 Å². The minimum atomic E-state index is -1.30. The van der Waals surface area contributed by atoms with Crippen LogP contribution < -0.4 is 5.32 Å². The third-order valence-corrected chi connectivity index (χ3v) is 7.60. The summed E-state index contributed by atoms with van der Waals surface area (Å²) in [4.78, 5) is 55.6. The summed E-state index contributed by atoms with van der Waals surface area (Å²) in [7, 11) is 0. The molecule has 0 bridgehead atoms. The van der Waals surface area contributed by atoms with Crippen molar-refractivity contribution in [2.45, 2.75) is 90.9 Å². The second-order valence-electron chi connectivity index (χ2n) is 11.5. The van der Waals surface area contributed by atoms with Gasteiger partial charge in [0.05, 0.1) is 6.04 Å². The van der Waals surface area contributed by atoms with Crippen LogP contribution in [0.25, 0.3) is 0 Å². The van der Waals surface area contributed by atoms with E-state index in [0.717, 1.165) is 28.9 Å². The lowest BCUT2D eigenvalue weighted by Gasteiger charge is -2.38. The van der Waals surface area contributed by atoms with Crippen LogP contribution in [0.15, 0.2) is 60.7 Å². The minimum Gasteiger partial charge on any atom is -0.465 e. The molecule has 2 aromatic rings. The number of carbonyl (C=O) groups is 4. The highest BCUT2D eigenvalue weighted by atomic mass is 16.4. The summed E-state index contributed by atoms with van der Waals surface area (Å²) in [6, 6.07) is 17.6. The Morgan fingerprint density at radius 2 is 1.65 bits per heavy atom. The van der Waals surface area contributed by atoms with Crippen LogP contribution in [-0.4, -0.2) is 57.3 Å². The number of carboxylic acid groups (broad SMARTS) is 1. The molecule has 0 spiro atoms. The fourth-order valence-electron chi connectivity index (χ4n) is 5.48. The molecule has 8 heteroatoms. The smallest absolute Gasteiger partial charge is 0.409 e. The third-order valence-electron chi connectivity index (χ3n) is 7.60. The van der Waals surface area contributed by atoms with Crippen LogP contribution in [-0.2, 0) is 20.8 Å². The van der Waals surface area contributed by atoms with Crippen LogP contribution in [0.3, 0.4) is 0 Å². The lowest BCUT2D eigenvalue weighted by molar-refractivity contribution is -0.144. The molecule has 216 valence electrons. The molecule has 1 aliphatic heterocycles. The molecule has 1 fully saturated rings. The number of rotatable bonds is 13. The first-order chi connectivity index (χ1) is 19.0. The Morgan fingerprint density at radius 3 is 2.25 bits per heavy atom. The number of carbonyl (C=O) groups excluding carboxylic acids is 3. The molecule has 1 aliphatic rings. The van der Waals surface area contributed by atoms with Crippen LogP contribution in [0.1, 0.15) is 83.4 Å². The summed E-state index contributed by atoms with van der Waals surface area (Å²) in [6.07, 6.45) is 1.44. The number of amides is 3. The van der Waals surface area contributed by atoms with E-state index in [0.29, 0.717) is 25.8 Å². The normalized spacial score (nSPS) is 17.6. The Hall–Kier alpha value is -3.68. The van der Waals surface area contributed by atoms with Crippen LogP contribution in [0, 0.1) is 5.41 Å². The van der Waals surface area contributed by atoms with Crippen molar-refractivity contribution >= 4 is 23.7 Å². The van der Waals surface area contributed by atoms with E-state index in [2.05, 4.69) is 5.32 Å². The molecule has 40 heavy (non-hydrogen) atoms. The topological polar surface area (TPSA) is 107 Å². The SMILES string of the molecule is CCCC[C@@H](C(=O)C(=O)N[C@H](C)c1ccccc1)N(C(=O)O)C1CC(C)(C)CN1C(=O)CCCc1ccccc1. The number of benzene rings is 2. The van der Waals surface area contributed by atoms with Crippen molar-refractivity contribution in [3.05, 3.63) is 71.8 Å². The monoisotopic (exact) mass is 549 g/mol. The molecule has 0 radical (unpaired) electrons. The van der Waals surface area contributed by atoms with E-state index in [9.17, 15) is 24.3 Å². The number of unbranched alkanes of at least 4 members (excludes halogenated alkanes) is 1. The van der Waals surface area contributed by atoms with Crippen molar-refractivity contribution in [3.8, 4) is 0 Å². The Kier molecular flexibility index (Phi) is 10.9. The van der Waals surface area contributed by atoms with Gasteiger partial charge in [0.1, 0.15) is 12.2 Å². The van der Waals surface area contributed by atoms with Gasteiger partial charge in [-0.25, -0.2) is 4.79 Å². The standard InChI is InChI=1S/C32H43N3O5/c1-5-6-19-26(29(37)30(38)33-23(2)25-17-11-8-12-18-25)35(31(39)40)27-21-32(3,4)22-34(27)28(36)20-13-16-24-14-9-7-10-15-24/h7-12,14-15,17-18,23,26-27H,5-6,13,16,19-22H2,1-4H3,(H,33,38)(H,39,40)/t23-,26+,27?/m1/s1. The van der Waals surface area contributed by atoms with Gasteiger partial charge in [0.15, 0.2) is 0 Å². The highest BCUT2D eigenvalue weighted by Crippen LogP contribution is 2.37. The van der Waals surface area contributed by atoms with E-state index in [1.54, 1.807) is 11.8 Å². The van der Waals surface area contributed by atoms with Crippen molar-refractivity contribution in [2.24, 2.45) is 5.41 Å². The van der Waals surface area contributed by atoms with Gasteiger partial charge in [0, 0.05) is 13.0 Å². The first kappa shape index (κ1) is 30.9.